The third-order valence-corrected chi connectivity index (χ3v) is 4.40. The fourth-order valence-electron chi connectivity index (χ4n) is 2.89. The number of hydrogen-bond donors (Lipinski definition) is 2. The summed E-state index contributed by atoms with van der Waals surface area (Å²) in [6.07, 6.45) is 4.89. The van der Waals surface area contributed by atoms with Gasteiger partial charge in [0.15, 0.2) is 5.82 Å². The predicted molar refractivity (Wildman–Crippen MR) is 85.0 cm³/mol. The molecule has 1 aliphatic rings. The van der Waals surface area contributed by atoms with Gasteiger partial charge in [0.1, 0.15) is 18.2 Å². The Bertz CT molecular complexity index is 467. The second-order valence-corrected chi connectivity index (χ2v) is 6.61. The van der Waals surface area contributed by atoms with Crippen LogP contribution in [0.15, 0.2) is 6.07 Å². The Labute approximate surface area is 127 Å². The topological polar surface area (TPSA) is 76.3 Å². The molecule has 0 bridgehead atoms. The van der Waals surface area contributed by atoms with Crippen molar-refractivity contribution < 1.29 is 4.74 Å². The lowest BCUT2D eigenvalue weighted by atomic mass is 9.75. The van der Waals surface area contributed by atoms with E-state index in [1.807, 2.05) is 6.07 Å². The van der Waals surface area contributed by atoms with E-state index in [9.17, 15) is 0 Å². The SMILES string of the molecule is COCc1nc(NN)cc(N(C)C2CCC(C)(C)CC2)n1. The number of nitrogens with zero attached hydrogens (tertiary/aromatic N) is 3. The fourth-order valence-corrected chi connectivity index (χ4v) is 2.89. The molecule has 6 nitrogen and oxygen atoms in total. The van der Waals surface area contributed by atoms with Gasteiger partial charge in [-0.1, -0.05) is 13.8 Å². The maximum Gasteiger partial charge on any atom is 0.158 e. The van der Waals surface area contributed by atoms with Gasteiger partial charge in [-0.25, -0.2) is 15.8 Å². The smallest absolute Gasteiger partial charge is 0.158 e. The van der Waals surface area contributed by atoms with E-state index in [1.165, 1.54) is 25.7 Å². The third kappa shape index (κ3) is 4.04. The highest BCUT2D eigenvalue weighted by molar-refractivity contribution is 5.49. The van der Waals surface area contributed by atoms with E-state index in [4.69, 9.17) is 10.6 Å². The highest BCUT2D eigenvalue weighted by Crippen LogP contribution is 2.37. The van der Waals surface area contributed by atoms with Gasteiger partial charge in [-0.15, -0.1) is 0 Å². The summed E-state index contributed by atoms with van der Waals surface area (Å²) in [5.41, 5.74) is 3.07. The fraction of sp³-hybridized carbons (Fsp3) is 0.733. The largest absolute Gasteiger partial charge is 0.377 e. The minimum atomic E-state index is 0.383. The predicted octanol–water partition coefficient (Wildman–Crippen LogP) is 2.31. The Hall–Kier alpha value is -1.40. The van der Waals surface area contributed by atoms with Crippen LogP contribution in [0.1, 0.15) is 45.4 Å². The number of nitrogens with one attached hydrogen (secondary N) is 1. The molecule has 6 heteroatoms. The lowest BCUT2D eigenvalue weighted by Gasteiger charge is -2.39. The molecule has 1 fully saturated rings. The van der Waals surface area contributed by atoms with Crippen molar-refractivity contribution in [1.29, 1.82) is 0 Å². The number of aromatic nitrogens is 2. The van der Waals surface area contributed by atoms with Crippen molar-refractivity contribution in [3.05, 3.63) is 11.9 Å². The molecule has 3 N–H and O–H groups in total. The molecule has 0 aliphatic heterocycles. The second-order valence-electron chi connectivity index (χ2n) is 6.61. The Morgan fingerprint density at radius 3 is 2.62 bits per heavy atom. The van der Waals surface area contributed by atoms with E-state index < -0.39 is 0 Å². The maximum atomic E-state index is 5.50. The van der Waals surface area contributed by atoms with Crippen LogP contribution in [0.25, 0.3) is 0 Å². The number of ether oxygens (including phenoxy) is 1. The Morgan fingerprint density at radius 2 is 2.05 bits per heavy atom. The van der Waals surface area contributed by atoms with Crippen LogP contribution in [0.3, 0.4) is 0 Å². The zero-order chi connectivity index (χ0) is 15.5. The van der Waals surface area contributed by atoms with Crippen molar-refractivity contribution in [2.75, 3.05) is 24.5 Å². The molecule has 0 saturated heterocycles. The van der Waals surface area contributed by atoms with E-state index in [1.54, 1.807) is 7.11 Å². The van der Waals surface area contributed by atoms with Crippen LogP contribution in [-0.2, 0) is 11.3 Å². The molecule has 1 aromatic rings. The van der Waals surface area contributed by atoms with Crippen LogP contribution in [0.4, 0.5) is 11.6 Å². The maximum absolute atomic E-state index is 5.50. The number of rotatable bonds is 5. The molecular weight excluding hydrogens is 266 g/mol. The van der Waals surface area contributed by atoms with Crippen molar-refractivity contribution in [2.24, 2.45) is 11.3 Å². The van der Waals surface area contributed by atoms with E-state index >= 15 is 0 Å². The van der Waals surface area contributed by atoms with Crippen molar-refractivity contribution in [1.82, 2.24) is 9.97 Å². The van der Waals surface area contributed by atoms with Gasteiger partial charge in [-0.05, 0) is 31.1 Å². The van der Waals surface area contributed by atoms with Crippen LogP contribution in [0.5, 0.6) is 0 Å². The summed E-state index contributed by atoms with van der Waals surface area (Å²) in [5.74, 6) is 7.66. The number of hydrogen-bond acceptors (Lipinski definition) is 6. The quantitative estimate of drug-likeness (QED) is 0.641. The van der Waals surface area contributed by atoms with Crippen LogP contribution in [0.2, 0.25) is 0 Å². The Kier molecular flexibility index (Phi) is 5.00. The normalized spacial score (nSPS) is 18.5. The van der Waals surface area contributed by atoms with Gasteiger partial charge >= 0.3 is 0 Å². The summed E-state index contributed by atoms with van der Waals surface area (Å²) in [4.78, 5) is 11.1. The molecule has 1 saturated carbocycles. The molecule has 1 heterocycles. The molecule has 1 aliphatic carbocycles. The molecule has 118 valence electrons. The monoisotopic (exact) mass is 293 g/mol. The summed E-state index contributed by atoms with van der Waals surface area (Å²) in [5, 5.41) is 0. The van der Waals surface area contributed by atoms with E-state index in [-0.39, 0.29) is 0 Å². The van der Waals surface area contributed by atoms with Crippen molar-refractivity contribution in [3.8, 4) is 0 Å². The van der Waals surface area contributed by atoms with Gasteiger partial charge in [0.25, 0.3) is 0 Å². The molecule has 0 unspecified atom stereocenters. The minimum absolute atomic E-state index is 0.383. The molecule has 2 rings (SSSR count). The van der Waals surface area contributed by atoms with Gasteiger partial charge in [0, 0.05) is 26.3 Å². The summed E-state index contributed by atoms with van der Waals surface area (Å²) < 4.78 is 5.12. The zero-order valence-corrected chi connectivity index (χ0v) is 13.5. The Morgan fingerprint density at radius 1 is 1.38 bits per heavy atom. The van der Waals surface area contributed by atoms with Crippen LogP contribution < -0.4 is 16.2 Å². The first kappa shape index (κ1) is 16.0. The number of nitrogens with two attached hydrogens (primary N) is 1. The molecular formula is C15H27N5O. The zero-order valence-electron chi connectivity index (χ0n) is 13.5. The van der Waals surface area contributed by atoms with E-state index in [0.717, 1.165) is 5.82 Å². The number of methoxy groups -OCH3 is 1. The van der Waals surface area contributed by atoms with Crippen molar-refractivity contribution in [2.45, 2.75) is 52.2 Å². The minimum Gasteiger partial charge on any atom is -0.377 e. The molecule has 0 spiro atoms. The first-order valence-corrected chi connectivity index (χ1v) is 7.51. The number of anilines is 2. The van der Waals surface area contributed by atoms with Gasteiger partial charge in [-0.2, -0.15) is 0 Å². The van der Waals surface area contributed by atoms with Crippen molar-refractivity contribution >= 4 is 11.6 Å². The Balaban J connectivity index is 2.14. The average molecular weight is 293 g/mol. The number of nitrogen functional groups attached to an aromatic ring is 1. The first-order chi connectivity index (χ1) is 9.95. The number of hydrazine groups is 1. The van der Waals surface area contributed by atoms with Crippen LogP contribution in [-0.4, -0.2) is 30.2 Å². The third-order valence-electron chi connectivity index (χ3n) is 4.40. The average Bonchev–Trinajstić information content (AvgIpc) is 2.46. The van der Waals surface area contributed by atoms with Gasteiger partial charge in [-0.3, -0.25) is 0 Å². The highest BCUT2D eigenvalue weighted by atomic mass is 16.5. The lowest BCUT2D eigenvalue weighted by molar-refractivity contribution is 0.178. The second kappa shape index (κ2) is 6.58. The molecule has 0 radical (unpaired) electrons. The molecule has 21 heavy (non-hydrogen) atoms. The van der Waals surface area contributed by atoms with Gasteiger partial charge in [0.05, 0.1) is 0 Å². The first-order valence-electron chi connectivity index (χ1n) is 7.51. The van der Waals surface area contributed by atoms with E-state index in [0.29, 0.717) is 29.7 Å². The van der Waals surface area contributed by atoms with E-state index in [2.05, 4.69) is 41.2 Å². The summed E-state index contributed by atoms with van der Waals surface area (Å²) in [7, 11) is 3.74. The van der Waals surface area contributed by atoms with Crippen LogP contribution in [0, 0.1) is 5.41 Å². The van der Waals surface area contributed by atoms with Gasteiger partial charge < -0.3 is 15.1 Å². The lowest BCUT2D eigenvalue weighted by Crippen LogP contribution is -2.37. The molecule has 0 aromatic carbocycles. The van der Waals surface area contributed by atoms with Crippen LogP contribution >= 0.6 is 0 Å². The van der Waals surface area contributed by atoms with Crippen molar-refractivity contribution in [3.63, 3.8) is 0 Å². The highest BCUT2D eigenvalue weighted by Gasteiger charge is 2.29. The standard InChI is InChI=1S/C15H27N5O/c1-15(2)7-5-11(6-8-15)20(3)14-9-12(19-16)17-13(18-14)10-21-4/h9,11H,5-8,10,16H2,1-4H3,(H,17,18,19). The summed E-state index contributed by atoms with van der Waals surface area (Å²) >= 11 is 0. The summed E-state index contributed by atoms with van der Waals surface area (Å²) in [6.45, 7) is 5.08. The summed E-state index contributed by atoms with van der Waals surface area (Å²) in [6, 6.07) is 2.41. The molecule has 1 aromatic heterocycles. The molecule has 0 amide bonds. The van der Waals surface area contributed by atoms with Gasteiger partial charge in [0.2, 0.25) is 0 Å². The molecule has 0 atom stereocenters.